The van der Waals surface area contributed by atoms with Gasteiger partial charge in [0.1, 0.15) is 0 Å². The smallest absolute Gasteiger partial charge is 0.211 e. The number of hydrogen-bond donors (Lipinski definition) is 1. The Labute approximate surface area is 113 Å². The van der Waals surface area contributed by atoms with Gasteiger partial charge in [-0.25, -0.2) is 13.1 Å². The molecule has 1 N–H and O–H groups in total. The van der Waals surface area contributed by atoms with E-state index in [4.69, 9.17) is 4.74 Å². The zero-order valence-electron chi connectivity index (χ0n) is 10.9. The maximum atomic E-state index is 11.3. The van der Waals surface area contributed by atoms with Gasteiger partial charge in [-0.3, -0.25) is 0 Å². The molecule has 18 heavy (non-hydrogen) atoms. The van der Waals surface area contributed by atoms with E-state index in [1.807, 2.05) is 6.92 Å². The van der Waals surface area contributed by atoms with Crippen LogP contribution in [-0.2, 0) is 21.2 Å². The standard InChI is InChI=1S/C12H21NO3S2/c1-3-10-18(14,15)13-7-9-16-8-6-12-5-4-11(2)17-12/h4-5,13H,3,6-10H2,1-2H3. The minimum Gasteiger partial charge on any atom is -0.380 e. The second kappa shape index (κ2) is 7.89. The van der Waals surface area contributed by atoms with Crippen LogP contribution >= 0.6 is 11.3 Å². The fourth-order valence-electron chi connectivity index (χ4n) is 1.50. The van der Waals surface area contributed by atoms with Crippen molar-refractivity contribution in [3.8, 4) is 0 Å². The van der Waals surface area contributed by atoms with E-state index < -0.39 is 10.0 Å². The second-order valence-electron chi connectivity index (χ2n) is 4.09. The Hall–Kier alpha value is -0.430. The van der Waals surface area contributed by atoms with Crippen LogP contribution in [-0.4, -0.2) is 33.9 Å². The van der Waals surface area contributed by atoms with Gasteiger partial charge in [-0.1, -0.05) is 6.92 Å². The van der Waals surface area contributed by atoms with Gasteiger partial charge in [0, 0.05) is 22.7 Å². The molecule has 0 aliphatic heterocycles. The van der Waals surface area contributed by atoms with Crippen molar-refractivity contribution in [1.29, 1.82) is 0 Å². The lowest BCUT2D eigenvalue weighted by atomic mass is 10.3. The van der Waals surface area contributed by atoms with Crippen molar-refractivity contribution < 1.29 is 13.2 Å². The number of rotatable bonds is 9. The summed E-state index contributed by atoms with van der Waals surface area (Å²) in [6, 6.07) is 4.20. The van der Waals surface area contributed by atoms with E-state index in [9.17, 15) is 8.42 Å². The summed E-state index contributed by atoms with van der Waals surface area (Å²) in [4.78, 5) is 2.61. The average Bonchev–Trinajstić information content (AvgIpc) is 2.69. The Balaban J connectivity index is 2.06. The summed E-state index contributed by atoms with van der Waals surface area (Å²) in [6.45, 7) is 5.34. The number of nitrogens with one attached hydrogen (secondary N) is 1. The van der Waals surface area contributed by atoms with E-state index in [0.717, 1.165) is 6.42 Å². The van der Waals surface area contributed by atoms with Crippen molar-refractivity contribution in [3.63, 3.8) is 0 Å². The van der Waals surface area contributed by atoms with Gasteiger partial charge >= 0.3 is 0 Å². The van der Waals surface area contributed by atoms with E-state index in [1.54, 1.807) is 11.3 Å². The van der Waals surface area contributed by atoms with E-state index >= 15 is 0 Å². The van der Waals surface area contributed by atoms with Crippen LogP contribution in [0.3, 0.4) is 0 Å². The van der Waals surface area contributed by atoms with Crippen LogP contribution in [0.5, 0.6) is 0 Å². The molecule has 1 aromatic heterocycles. The van der Waals surface area contributed by atoms with E-state index in [0.29, 0.717) is 26.2 Å². The molecule has 4 nitrogen and oxygen atoms in total. The molecule has 0 aromatic carbocycles. The van der Waals surface area contributed by atoms with Crippen molar-refractivity contribution in [3.05, 3.63) is 21.9 Å². The molecule has 0 unspecified atom stereocenters. The van der Waals surface area contributed by atoms with Crippen molar-refractivity contribution in [2.75, 3.05) is 25.5 Å². The molecule has 0 bridgehead atoms. The summed E-state index contributed by atoms with van der Waals surface area (Å²) in [7, 11) is -3.10. The van der Waals surface area contributed by atoms with Gasteiger partial charge in [0.2, 0.25) is 10.0 Å². The minimum absolute atomic E-state index is 0.182. The first-order chi connectivity index (χ1) is 8.53. The normalized spacial score (nSPS) is 11.9. The highest BCUT2D eigenvalue weighted by Crippen LogP contribution is 2.15. The SMILES string of the molecule is CCCS(=O)(=O)NCCOCCc1ccc(C)s1. The van der Waals surface area contributed by atoms with Crippen LogP contribution in [0.1, 0.15) is 23.1 Å². The molecule has 0 aliphatic carbocycles. The van der Waals surface area contributed by atoms with Crippen LogP contribution in [0.15, 0.2) is 12.1 Å². The predicted octanol–water partition coefficient (Wildman–Crippen LogP) is 1.95. The molecule has 1 rings (SSSR count). The van der Waals surface area contributed by atoms with Gasteiger partial charge in [-0.2, -0.15) is 0 Å². The number of ether oxygens (including phenoxy) is 1. The number of thiophene rings is 1. The fourth-order valence-corrected chi connectivity index (χ4v) is 3.45. The van der Waals surface area contributed by atoms with Gasteiger partial charge in [0.05, 0.1) is 19.0 Å². The predicted molar refractivity (Wildman–Crippen MR) is 75.7 cm³/mol. The van der Waals surface area contributed by atoms with E-state index in [-0.39, 0.29) is 5.75 Å². The van der Waals surface area contributed by atoms with Crippen molar-refractivity contribution >= 4 is 21.4 Å². The van der Waals surface area contributed by atoms with Gasteiger partial charge in [0.25, 0.3) is 0 Å². The molecular weight excluding hydrogens is 270 g/mol. The number of aryl methyl sites for hydroxylation is 1. The third-order valence-corrected chi connectivity index (χ3v) is 4.98. The summed E-state index contributed by atoms with van der Waals surface area (Å²) in [6.07, 6.45) is 1.52. The molecule has 0 amide bonds. The lowest BCUT2D eigenvalue weighted by molar-refractivity contribution is 0.143. The van der Waals surface area contributed by atoms with Crippen LogP contribution < -0.4 is 4.72 Å². The fraction of sp³-hybridized carbons (Fsp3) is 0.667. The molecule has 0 radical (unpaired) electrons. The zero-order valence-corrected chi connectivity index (χ0v) is 12.6. The summed E-state index contributed by atoms with van der Waals surface area (Å²) in [5, 5.41) is 0. The molecule has 0 saturated heterocycles. The average molecular weight is 291 g/mol. The molecule has 0 fully saturated rings. The monoisotopic (exact) mass is 291 g/mol. The minimum atomic E-state index is -3.10. The zero-order chi connectivity index (χ0) is 13.4. The summed E-state index contributed by atoms with van der Waals surface area (Å²) in [5.41, 5.74) is 0. The quantitative estimate of drug-likeness (QED) is 0.708. The molecule has 0 saturated carbocycles. The third-order valence-electron chi connectivity index (χ3n) is 2.33. The van der Waals surface area contributed by atoms with Crippen LogP contribution in [0, 0.1) is 6.92 Å². The van der Waals surface area contributed by atoms with E-state index in [1.165, 1.54) is 9.75 Å². The number of sulfonamides is 1. The largest absolute Gasteiger partial charge is 0.380 e. The van der Waals surface area contributed by atoms with Crippen LogP contribution in [0.2, 0.25) is 0 Å². The topological polar surface area (TPSA) is 55.4 Å². The lowest BCUT2D eigenvalue weighted by Gasteiger charge is -2.06. The lowest BCUT2D eigenvalue weighted by Crippen LogP contribution is -2.29. The molecule has 0 atom stereocenters. The van der Waals surface area contributed by atoms with Gasteiger partial charge < -0.3 is 4.74 Å². The third kappa shape index (κ3) is 6.49. The molecule has 1 aromatic rings. The maximum absolute atomic E-state index is 11.3. The van der Waals surface area contributed by atoms with Crippen molar-refractivity contribution in [1.82, 2.24) is 4.72 Å². The summed E-state index contributed by atoms with van der Waals surface area (Å²) >= 11 is 1.77. The van der Waals surface area contributed by atoms with Crippen molar-refractivity contribution in [2.24, 2.45) is 0 Å². The highest BCUT2D eigenvalue weighted by molar-refractivity contribution is 7.89. The highest BCUT2D eigenvalue weighted by atomic mass is 32.2. The molecule has 0 aliphatic rings. The molecule has 0 spiro atoms. The van der Waals surface area contributed by atoms with Crippen LogP contribution in [0.4, 0.5) is 0 Å². The first-order valence-corrected chi connectivity index (χ1v) is 8.61. The molecule has 1 heterocycles. The molecule has 6 heteroatoms. The van der Waals surface area contributed by atoms with Gasteiger partial charge in [-0.05, 0) is 25.5 Å². The number of hydrogen-bond acceptors (Lipinski definition) is 4. The Bertz CT molecular complexity index is 440. The van der Waals surface area contributed by atoms with Crippen LogP contribution in [0.25, 0.3) is 0 Å². The first-order valence-electron chi connectivity index (χ1n) is 6.14. The van der Waals surface area contributed by atoms with E-state index in [2.05, 4.69) is 23.8 Å². The van der Waals surface area contributed by atoms with Crippen molar-refractivity contribution in [2.45, 2.75) is 26.7 Å². The second-order valence-corrected chi connectivity index (χ2v) is 7.39. The highest BCUT2D eigenvalue weighted by Gasteiger charge is 2.06. The summed E-state index contributed by atoms with van der Waals surface area (Å²) < 4.78 is 30.6. The maximum Gasteiger partial charge on any atom is 0.211 e. The molecular formula is C12H21NO3S2. The summed E-state index contributed by atoms with van der Waals surface area (Å²) in [5.74, 6) is 0.182. The Morgan fingerprint density at radius 2 is 2.11 bits per heavy atom. The van der Waals surface area contributed by atoms with Gasteiger partial charge in [-0.15, -0.1) is 11.3 Å². The molecule has 104 valence electrons. The van der Waals surface area contributed by atoms with Gasteiger partial charge in [0.15, 0.2) is 0 Å². The Kier molecular flexibility index (Phi) is 6.85. The Morgan fingerprint density at radius 3 is 2.72 bits per heavy atom. The first kappa shape index (κ1) is 15.6. The Morgan fingerprint density at radius 1 is 1.33 bits per heavy atom.